The Morgan fingerprint density at radius 2 is 1.00 bits per heavy atom. The molecule has 176 valence electrons. The number of rotatable bonds is 6. The molecular formula is C34H29NO. The van der Waals surface area contributed by atoms with Gasteiger partial charge < -0.3 is 0 Å². The van der Waals surface area contributed by atoms with Gasteiger partial charge in [-0.25, -0.2) is 0 Å². The minimum absolute atomic E-state index is 0.0496. The monoisotopic (exact) mass is 467 g/mol. The first kappa shape index (κ1) is 22.3. The summed E-state index contributed by atoms with van der Waals surface area (Å²) >= 11 is 0. The zero-order valence-corrected chi connectivity index (χ0v) is 20.2. The molecule has 2 nitrogen and oxygen atoms in total. The molecule has 5 aromatic rings. The molecule has 6 rings (SSSR count). The van der Waals surface area contributed by atoms with Crippen LogP contribution in [0.2, 0.25) is 0 Å². The van der Waals surface area contributed by atoms with Crippen molar-refractivity contribution < 1.29 is 4.84 Å². The van der Waals surface area contributed by atoms with E-state index >= 15 is 0 Å². The Labute approximate surface area is 213 Å². The van der Waals surface area contributed by atoms with Gasteiger partial charge >= 0.3 is 0 Å². The first-order valence-corrected chi connectivity index (χ1v) is 12.6. The number of hydroxylamine groups is 1. The zero-order valence-electron chi connectivity index (χ0n) is 20.2. The van der Waals surface area contributed by atoms with E-state index in [1.54, 1.807) is 0 Å². The fourth-order valence-electron chi connectivity index (χ4n) is 5.08. The SMILES string of the molecule is c1ccc(-c2ccc(C[C@@H]3C[C@H](c4ccccc4)ON3c3ccc(-c4ccccc4)cc3)cc2)cc1. The van der Waals surface area contributed by atoms with Crippen LogP contribution >= 0.6 is 0 Å². The Morgan fingerprint density at radius 3 is 1.56 bits per heavy atom. The number of benzene rings is 5. The summed E-state index contributed by atoms with van der Waals surface area (Å²) in [6, 6.07) is 49.6. The van der Waals surface area contributed by atoms with Crippen molar-refractivity contribution in [3.63, 3.8) is 0 Å². The summed E-state index contributed by atoms with van der Waals surface area (Å²) in [6.45, 7) is 0. The summed E-state index contributed by atoms with van der Waals surface area (Å²) in [7, 11) is 0. The third-order valence-electron chi connectivity index (χ3n) is 6.99. The second-order valence-electron chi connectivity index (χ2n) is 9.40. The lowest BCUT2D eigenvalue weighted by atomic mass is 9.96. The Morgan fingerprint density at radius 1 is 0.528 bits per heavy atom. The fourth-order valence-corrected chi connectivity index (χ4v) is 5.08. The normalized spacial score (nSPS) is 17.3. The smallest absolute Gasteiger partial charge is 0.113 e. The van der Waals surface area contributed by atoms with Crippen LogP contribution in [0, 0.1) is 0 Å². The molecule has 0 unspecified atom stereocenters. The van der Waals surface area contributed by atoms with Crippen molar-refractivity contribution >= 4 is 5.69 Å². The van der Waals surface area contributed by atoms with Gasteiger partial charge in [0.05, 0.1) is 11.7 Å². The Hall–Kier alpha value is -4.14. The van der Waals surface area contributed by atoms with Gasteiger partial charge in [-0.1, -0.05) is 127 Å². The van der Waals surface area contributed by atoms with E-state index in [0.717, 1.165) is 18.5 Å². The minimum Gasteiger partial charge on any atom is -0.265 e. The molecule has 5 aromatic carbocycles. The molecule has 1 aliphatic rings. The van der Waals surface area contributed by atoms with Crippen molar-refractivity contribution in [2.75, 3.05) is 5.06 Å². The van der Waals surface area contributed by atoms with Crippen molar-refractivity contribution in [1.29, 1.82) is 0 Å². The van der Waals surface area contributed by atoms with E-state index in [2.05, 4.69) is 145 Å². The standard InChI is InChI=1S/C34H29NO/c1-4-10-27(11-5-1)29-18-16-26(17-19-29)24-33-25-34(31-14-8-3-9-15-31)36-35(33)32-22-20-30(21-23-32)28-12-6-2-7-13-28/h1-23,33-34H,24-25H2/t33-,34-/m1/s1. The second-order valence-corrected chi connectivity index (χ2v) is 9.40. The quantitative estimate of drug-likeness (QED) is 0.248. The average Bonchev–Trinajstić information content (AvgIpc) is 3.39. The highest BCUT2D eigenvalue weighted by atomic mass is 16.7. The van der Waals surface area contributed by atoms with E-state index in [1.165, 1.54) is 33.4 Å². The largest absolute Gasteiger partial charge is 0.265 e. The summed E-state index contributed by atoms with van der Waals surface area (Å²) in [4.78, 5) is 6.59. The van der Waals surface area contributed by atoms with E-state index in [-0.39, 0.29) is 12.1 Å². The van der Waals surface area contributed by atoms with Crippen LogP contribution < -0.4 is 5.06 Å². The van der Waals surface area contributed by atoms with Gasteiger partial charge in [0.1, 0.15) is 6.10 Å². The number of nitrogens with zero attached hydrogens (tertiary/aromatic N) is 1. The molecule has 1 aliphatic heterocycles. The maximum atomic E-state index is 6.59. The summed E-state index contributed by atoms with van der Waals surface area (Å²) in [5, 5.41) is 2.14. The fraction of sp³-hybridized carbons (Fsp3) is 0.118. The van der Waals surface area contributed by atoms with Gasteiger partial charge in [-0.3, -0.25) is 9.90 Å². The summed E-state index contributed by atoms with van der Waals surface area (Å²) < 4.78 is 0. The molecule has 0 bridgehead atoms. The second kappa shape index (κ2) is 10.2. The van der Waals surface area contributed by atoms with Gasteiger partial charge in [0.25, 0.3) is 0 Å². The van der Waals surface area contributed by atoms with Crippen molar-refractivity contribution in [2.24, 2.45) is 0 Å². The Kier molecular flexibility index (Phi) is 6.35. The molecule has 0 spiro atoms. The third kappa shape index (κ3) is 4.82. The van der Waals surface area contributed by atoms with Crippen LogP contribution in [0.3, 0.4) is 0 Å². The van der Waals surface area contributed by atoms with Crippen LogP contribution in [-0.2, 0) is 11.3 Å². The molecule has 0 aromatic heterocycles. The summed E-state index contributed by atoms with van der Waals surface area (Å²) in [5.41, 5.74) is 8.58. The Balaban J connectivity index is 1.26. The van der Waals surface area contributed by atoms with Gasteiger partial charge in [-0.2, -0.15) is 0 Å². The Bertz CT molecular complexity index is 1380. The van der Waals surface area contributed by atoms with Crippen molar-refractivity contribution in [2.45, 2.75) is 25.0 Å². The van der Waals surface area contributed by atoms with Crippen molar-refractivity contribution in [1.82, 2.24) is 0 Å². The lowest BCUT2D eigenvalue weighted by Crippen LogP contribution is -2.29. The van der Waals surface area contributed by atoms with Gasteiger partial charge in [0, 0.05) is 6.42 Å². The van der Waals surface area contributed by atoms with Gasteiger partial charge in [-0.15, -0.1) is 0 Å². The predicted molar refractivity (Wildman–Crippen MR) is 149 cm³/mol. The van der Waals surface area contributed by atoms with E-state index in [1.807, 2.05) is 0 Å². The van der Waals surface area contributed by atoms with E-state index in [9.17, 15) is 0 Å². The van der Waals surface area contributed by atoms with E-state index < -0.39 is 0 Å². The zero-order chi connectivity index (χ0) is 24.2. The highest BCUT2D eigenvalue weighted by Gasteiger charge is 2.34. The molecular weight excluding hydrogens is 438 g/mol. The third-order valence-corrected chi connectivity index (χ3v) is 6.99. The van der Waals surface area contributed by atoms with Gasteiger partial charge in [0.15, 0.2) is 0 Å². The van der Waals surface area contributed by atoms with E-state index in [4.69, 9.17) is 4.84 Å². The first-order chi connectivity index (χ1) is 17.8. The lowest BCUT2D eigenvalue weighted by Gasteiger charge is -2.25. The minimum atomic E-state index is 0.0496. The first-order valence-electron chi connectivity index (χ1n) is 12.6. The molecule has 2 atom stereocenters. The maximum absolute atomic E-state index is 6.59. The highest BCUT2D eigenvalue weighted by molar-refractivity contribution is 5.66. The predicted octanol–water partition coefficient (Wildman–Crippen LogP) is 8.51. The van der Waals surface area contributed by atoms with Gasteiger partial charge in [0.2, 0.25) is 0 Å². The molecule has 0 amide bonds. The van der Waals surface area contributed by atoms with Crippen LogP contribution in [0.15, 0.2) is 140 Å². The van der Waals surface area contributed by atoms with Crippen LogP contribution in [0.1, 0.15) is 23.7 Å². The molecule has 36 heavy (non-hydrogen) atoms. The van der Waals surface area contributed by atoms with E-state index in [0.29, 0.717) is 0 Å². The van der Waals surface area contributed by atoms with Gasteiger partial charge in [-0.05, 0) is 51.9 Å². The number of hydrogen-bond donors (Lipinski definition) is 0. The number of hydrogen-bond acceptors (Lipinski definition) is 2. The molecule has 0 N–H and O–H groups in total. The topological polar surface area (TPSA) is 12.5 Å². The molecule has 0 saturated carbocycles. The lowest BCUT2D eigenvalue weighted by molar-refractivity contribution is 0.0836. The molecule has 0 radical (unpaired) electrons. The summed E-state index contributed by atoms with van der Waals surface area (Å²) in [5.74, 6) is 0. The average molecular weight is 468 g/mol. The molecule has 2 heteroatoms. The molecule has 0 aliphatic carbocycles. The van der Waals surface area contributed by atoms with Crippen LogP contribution in [0.25, 0.3) is 22.3 Å². The summed E-state index contributed by atoms with van der Waals surface area (Å²) in [6.07, 6.45) is 1.93. The molecule has 1 heterocycles. The molecule has 1 fully saturated rings. The van der Waals surface area contributed by atoms with Crippen molar-refractivity contribution in [3.05, 3.63) is 151 Å². The van der Waals surface area contributed by atoms with Crippen molar-refractivity contribution in [3.8, 4) is 22.3 Å². The van der Waals surface area contributed by atoms with Crippen LogP contribution in [0.5, 0.6) is 0 Å². The van der Waals surface area contributed by atoms with Crippen LogP contribution in [-0.4, -0.2) is 6.04 Å². The number of anilines is 1. The highest BCUT2D eigenvalue weighted by Crippen LogP contribution is 2.38. The maximum Gasteiger partial charge on any atom is 0.113 e. The molecule has 1 saturated heterocycles. The van der Waals surface area contributed by atoms with Crippen LogP contribution in [0.4, 0.5) is 5.69 Å².